The first-order valence-electron chi connectivity index (χ1n) is 8.91. The second-order valence-corrected chi connectivity index (χ2v) is 7.00. The molecule has 11 heteroatoms. The maximum atomic E-state index is 12.7. The van der Waals surface area contributed by atoms with Gasteiger partial charge < -0.3 is 20.4 Å². The van der Waals surface area contributed by atoms with Gasteiger partial charge in [0.1, 0.15) is 11.9 Å². The minimum absolute atomic E-state index is 0.0154. The molecule has 4 rings (SSSR count). The van der Waals surface area contributed by atoms with Crippen LogP contribution in [0, 0.1) is 0 Å². The molecule has 0 radical (unpaired) electrons. The lowest BCUT2D eigenvalue weighted by molar-refractivity contribution is -0.128. The molecule has 3 amide bonds. The van der Waals surface area contributed by atoms with Crippen molar-refractivity contribution in [2.75, 3.05) is 40.3 Å². The van der Waals surface area contributed by atoms with Crippen LogP contribution in [0.2, 0.25) is 0 Å². The van der Waals surface area contributed by atoms with Gasteiger partial charge in [-0.2, -0.15) is 5.10 Å². The van der Waals surface area contributed by atoms with Gasteiger partial charge >= 0.3 is 6.03 Å². The Labute approximate surface area is 156 Å². The van der Waals surface area contributed by atoms with Gasteiger partial charge in [0.05, 0.1) is 24.0 Å². The average molecular weight is 376 g/mol. The zero-order chi connectivity index (χ0) is 19.1. The molecule has 3 N–H and O–H groups in total. The monoisotopic (exact) mass is 376 g/mol. The Hall–Kier alpha value is -2.66. The van der Waals surface area contributed by atoms with Crippen LogP contribution in [0.3, 0.4) is 0 Å². The van der Waals surface area contributed by atoms with E-state index < -0.39 is 6.04 Å². The van der Waals surface area contributed by atoms with Gasteiger partial charge in [-0.25, -0.2) is 4.79 Å². The number of hydrogen-bond acceptors (Lipinski definition) is 6. The number of carbonyl (C=O) groups excluding carboxylic acids is 2. The molecular weight excluding hydrogens is 352 g/mol. The van der Waals surface area contributed by atoms with Gasteiger partial charge in [-0.15, -0.1) is 0 Å². The van der Waals surface area contributed by atoms with Crippen molar-refractivity contribution < 1.29 is 14.4 Å². The van der Waals surface area contributed by atoms with E-state index >= 15 is 0 Å². The summed E-state index contributed by atoms with van der Waals surface area (Å²) in [5, 5.41) is 10.3. The van der Waals surface area contributed by atoms with Crippen molar-refractivity contribution >= 4 is 17.8 Å². The molecule has 146 valence electrons. The van der Waals surface area contributed by atoms with Gasteiger partial charge in [0.25, 0.3) is 0 Å². The number of amides is 3. The molecule has 0 unspecified atom stereocenters. The van der Waals surface area contributed by atoms with Crippen molar-refractivity contribution in [3.63, 3.8) is 0 Å². The van der Waals surface area contributed by atoms with Gasteiger partial charge in [0, 0.05) is 46.3 Å². The minimum Gasteiger partial charge on any atom is -0.349 e. The van der Waals surface area contributed by atoms with Crippen LogP contribution in [-0.4, -0.2) is 83.7 Å². The number of nitrogens with one attached hydrogen (secondary N) is 3. The van der Waals surface area contributed by atoms with E-state index in [-0.39, 0.29) is 30.6 Å². The van der Waals surface area contributed by atoms with E-state index in [9.17, 15) is 9.59 Å². The van der Waals surface area contributed by atoms with E-state index in [0.29, 0.717) is 12.4 Å². The van der Waals surface area contributed by atoms with E-state index in [2.05, 4.69) is 26.2 Å². The van der Waals surface area contributed by atoms with Crippen molar-refractivity contribution in [2.45, 2.75) is 18.1 Å². The van der Waals surface area contributed by atoms with Crippen molar-refractivity contribution in [1.29, 1.82) is 0 Å². The van der Waals surface area contributed by atoms with Crippen LogP contribution >= 0.6 is 0 Å². The molecule has 2 bridgehead atoms. The standard InChI is InChI=1S/C16H24N8O3/c1-17-15(21-27-8-12(25)20-9-4-18-5-9)14-13-10(6-19-23(13)3)11-7-24(14)16(26)22(11)2/h6,9,11,14,18H,4-5,7-8H2,1-3H3,(H,17,21)(H,20,25)/t11-,14-/m0/s1. The zero-order valence-corrected chi connectivity index (χ0v) is 15.6. The normalized spacial score (nSPS) is 24.7. The van der Waals surface area contributed by atoms with Crippen molar-refractivity contribution in [1.82, 2.24) is 35.7 Å². The first-order valence-corrected chi connectivity index (χ1v) is 8.91. The first kappa shape index (κ1) is 17.7. The van der Waals surface area contributed by atoms with Crippen molar-refractivity contribution in [3.8, 4) is 0 Å². The molecule has 2 atom stereocenters. The molecule has 3 aliphatic heterocycles. The fraction of sp³-hybridized carbons (Fsp3) is 0.625. The maximum Gasteiger partial charge on any atom is 0.321 e. The maximum absolute atomic E-state index is 12.7. The van der Waals surface area contributed by atoms with Crippen LogP contribution in [0.4, 0.5) is 4.79 Å². The molecule has 1 aromatic heterocycles. The second kappa shape index (κ2) is 6.82. The summed E-state index contributed by atoms with van der Waals surface area (Å²) >= 11 is 0. The number of rotatable bonds is 5. The van der Waals surface area contributed by atoms with Crippen molar-refractivity contribution in [2.24, 2.45) is 12.0 Å². The van der Waals surface area contributed by atoms with E-state index in [1.165, 1.54) is 0 Å². The Kier molecular flexibility index (Phi) is 4.48. The zero-order valence-electron chi connectivity index (χ0n) is 15.6. The molecule has 0 spiro atoms. The van der Waals surface area contributed by atoms with Crippen LogP contribution in [-0.2, 0) is 16.7 Å². The molecule has 4 heterocycles. The SMILES string of the molecule is CN=C(NOCC(=O)NC1CNC1)[C@@H]1c2c(cnn2C)[C@@H]2CN1C(=O)N2C. The summed E-state index contributed by atoms with van der Waals surface area (Å²) in [6.07, 6.45) is 1.80. The molecule has 2 saturated heterocycles. The second-order valence-electron chi connectivity index (χ2n) is 7.00. The smallest absolute Gasteiger partial charge is 0.321 e. The third-order valence-corrected chi connectivity index (χ3v) is 5.36. The summed E-state index contributed by atoms with van der Waals surface area (Å²) in [5.74, 6) is 0.256. The van der Waals surface area contributed by atoms with E-state index in [0.717, 1.165) is 24.3 Å². The number of hydrogen-bond donors (Lipinski definition) is 3. The number of aryl methyl sites for hydroxylation is 1. The highest BCUT2D eigenvalue weighted by molar-refractivity contribution is 5.93. The van der Waals surface area contributed by atoms with Crippen LogP contribution in [0.15, 0.2) is 11.2 Å². The number of fused-ring (bicyclic) bond motifs is 4. The molecule has 3 aliphatic rings. The summed E-state index contributed by atoms with van der Waals surface area (Å²) in [7, 11) is 5.26. The van der Waals surface area contributed by atoms with Gasteiger partial charge in [-0.05, 0) is 0 Å². The summed E-state index contributed by atoms with van der Waals surface area (Å²) in [4.78, 5) is 37.7. The Morgan fingerprint density at radius 2 is 2.22 bits per heavy atom. The van der Waals surface area contributed by atoms with Gasteiger partial charge in [-0.3, -0.25) is 24.8 Å². The lowest BCUT2D eigenvalue weighted by Crippen LogP contribution is -2.57. The quantitative estimate of drug-likeness (QED) is 0.328. The van der Waals surface area contributed by atoms with Crippen molar-refractivity contribution in [3.05, 3.63) is 17.5 Å². The molecule has 11 nitrogen and oxygen atoms in total. The molecular formula is C16H24N8O3. The van der Waals surface area contributed by atoms with E-state index in [1.54, 1.807) is 34.8 Å². The van der Waals surface area contributed by atoms with E-state index in [1.807, 2.05) is 7.05 Å². The fourth-order valence-electron chi connectivity index (χ4n) is 3.79. The summed E-state index contributed by atoms with van der Waals surface area (Å²) in [6.45, 7) is 1.97. The number of aliphatic imine (C=N–C) groups is 1. The number of urea groups is 1. The molecule has 0 aromatic carbocycles. The highest BCUT2D eigenvalue weighted by Gasteiger charge is 2.49. The molecule has 1 aromatic rings. The predicted molar refractivity (Wildman–Crippen MR) is 95.8 cm³/mol. The number of likely N-dealkylation sites (N-methyl/N-ethyl adjacent to an activating group) is 1. The summed E-state index contributed by atoms with van der Waals surface area (Å²) < 4.78 is 1.76. The number of carbonyl (C=O) groups is 2. The molecule has 27 heavy (non-hydrogen) atoms. The largest absolute Gasteiger partial charge is 0.349 e. The molecule has 0 saturated carbocycles. The average Bonchev–Trinajstić information content (AvgIpc) is 3.12. The Bertz CT molecular complexity index is 787. The number of aromatic nitrogens is 2. The van der Waals surface area contributed by atoms with Gasteiger partial charge in [-0.1, -0.05) is 0 Å². The lowest BCUT2D eigenvalue weighted by Gasteiger charge is -2.32. The fourth-order valence-corrected chi connectivity index (χ4v) is 3.79. The van der Waals surface area contributed by atoms with Gasteiger partial charge in [0.2, 0.25) is 5.91 Å². The number of nitrogens with zero attached hydrogens (tertiary/aromatic N) is 5. The third-order valence-electron chi connectivity index (χ3n) is 5.36. The number of hydroxylamine groups is 1. The molecule has 2 fully saturated rings. The van der Waals surface area contributed by atoms with E-state index in [4.69, 9.17) is 4.84 Å². The van der Waals surface area contributed by atoms with Crippen LogP contribution in [0.5, 0.6) is 0 Å². The molecule has 0 aliphatic carbocycles. The van der Waals surface area contributed by atoms with Crippen LogP contribution < -0.4 is 16.1 Å². The lowest BCUT2D eigenvalue weighted by atomic mass is 9.97. The first-order chi connectivity index (χ1) is 13.0. The topological polar surface area (TPSA) is 116 Å². The van der Waals surface area contributed by atoms with Crippen LogP contribution in [0.25, 0.3) is 0 Å². The predicted octanol–water partition coefficient (Wildman–Crippen LogP) is -1.48. The summed E-state index contributed by atoms with van der Waals surface area (Å²) in [6, 6.07) is -0.367. The minimum atomic E-state index is -0.440. The number of amidine groups is 1. The summed E-state index contributed by atoms with van der Waals surface area (Å²) in [5.41, 5.74) is 4.67. The Morgan fingerprint density at radius 3 is 2.89 bits per heavy atom. The Balaban J connectivity index is 1.47. The highest BCUT2D eigenvalue weighted by Crippen LogP contribution is 2.42. The van der Waals surface area contributed by atoms with Crippen LogP contribution in [0.1, 0.15) is 23.3 Å². The highest BCUT2D eigenvalue weighted by atomic mass is 16.6. The third kappa shape index (κ3) is 2.92. The Morgan fingerprint density at radius 1 is 1.44 bits per heavy atom. The van der Waals surface area contributed by atoms with Gasteiger partial charge in [0.15, 0.2) is 6.61 Å².